The fourth-order valence-corrected chi connectivity index (χ4v) is 1.82. The zero-order chi connectivity index (χ0) is 16.1. The molecular weight excluding hydrogens is 284 g/mol. The monoisotopic (exact) mass is 302 g/mol. The Morgan fingerprint density at radius 2 is 2.18 bits per heavy atom. The Labute approximate surface area is 128 Å². The van der Waals surface area contributed by atoms with Gasteiger partial charge in [-0.2, -0.15) is 0 Å². The number of carbonyl (C=O) groups excluding carboxylic acids is 1. The van der Waals surface area contributed by atoms with Gasteiger partial charge in [0.05, 0.1) is 11.3 Å². The lowest BCUT2D eigenvalue weighted by Gasteiger charge is -2.30. The number of amides is 1. The van der Waals surface area contributed by atoms with Gasteiger partial charge >= 0.3 is 0 Å². The number of benzene rings is 1. The smallest absolute Gasteiger partial charge is 0.266 e. The SMILES string of the molecule is CCCC#C/C(=C\c1cc(N)c(O)c(O)c1)C(=O)N1COC1. The Bertz CT molecular complexity index is 643. The van der Waals surface area contributed by atoms with Crippen LogP contribution < -0.4 is 5.73 Å². The molecule has 2 rings (SSSR count). The third-order valence-electron chi connectivity index (χ3n) is 3.06. The molecule has 1 fully saturated rings. The quantitative estimate of drug-likeness (QED) is 0.341. The summed E-state index contributed by atoms with van der Waals surface area (Å²) in [7, 11) is 0. The lowest BCUT2D eigenvalue weighted by atomic mass is 10.1. The lowest BCUT2D eigenvalue weighted by molar-refractivity contribution is -0.171. The summed E-state index contributed by atoms with van der Waals surface area (Å²) >= 11 is 0. The largest absolute Gasteiger partial charge is 0.504 e. The molecule has 0 atom stereocenters. The van der Waals surface area contributed by atoms with Crippen LogP contribution in [0.15, 0.2) is 17.7 Å². The van der Waals surface area contributed by atoms with Gasteiger partial charge in [0.2, 0.25) is 0 Å². The molecule has 1 heterocycles. The van der Waals surface area contributed by atoms with Crippen molar-refractivity contribution < 1.29 is 19.7 Å². The molecule has 0 unspecified atom stereocenters. The van der Waals surface area contributed by atoms with E-state index in [1.165, 1.54) is 17.0 Å². The maximum Gasteiger partial charge on any atom is 0.266 e. The van der Waals surface area contributed by atoms with E-state index >= 15 is 0 Å². The number of carbonyl (C=O) groups is 1. The number of nitrogens with two attached hydrogens (primary N) is 1. The molecule has 1 aromatic rings. The van der Waals surface area contributed by atoms with Gasteiger partial charge in [-0.15, -0.1) is 0 Å². The molecule has 1 amide bonds. The van der Waals surface area contributed by atoms with Crippen LogP contribution in [0.25, 0.3) is 6.08 Å². The maximum atomic E-state index is 12.3. The molecule has 0 aromatic heterocycles. The van der Waals surface area contributed by atoms with Crippen molar-refractivity contribution in [2.45, 2.75) is 19.8 Å². The number of phenolic OH excluding ortho intramolecular Hbond substituents is 2. The molecule has 6 heteroatoms. The van der Waals surface area contributed by atoms with Crippen LogP contribution in [-0.4, -0.2) is 34.5 Å². The standard InChI is InChI=1S/C16H18N2O4/c1-2-3-4-5-12(16(21)18-9-22-10-18)6-11-7-13(17)15(20)14(19)8-11/h6-8,19-20H,2-3,9-10,17H2,1H3/b12-6+. The normalized spacial score (nSPS) is 14.0. The molecule has 22 heavy (non-hydrogen) atoms. The predicted octanol–water partition coefficient (Wildman–Crippen LogP) is 1.64. The summed E-state index contributed by atoms with van der Waals surface area (Å²) in [6, 6.07) is 2.80. The minimum atomic E-state index is -0.377. The Hall–Kier alpha value is -2.65. The number of ether oxygens (including phenoxy) is 1. The Balaban J connectivity index is 2.35. The predicted molar refractivity (Wildman–Crippen MR) is 82.5 cm³/mol. The van der Waals surface area contributed by atoms with Crippen LogP contribution in [0.4, 0.5) is 5.69 Å². The molecule has 116 valence electrons. The van der Waals surface area contributed by atoms with Crippen molar-refractivity contribution in [3.63, 3.8) is 0 Å². The van der Waals surface area contributed by atoms with Gasteiger partial charge < -0.3 is 20.7 Å². The van der Waals surface area contributed by atoms with Crippen LogP contribution in [0, 0.1) is 11.8 Å². The van der Waals surface area contributed by atoms with E-state index in [1.54, 1.807) is 6.08 Å². The van der Waals surface area contributed by atoms with Gasteiger partial charge in [-0.05, 0) is 30.2 Å². The van der Waals surface area contributed by atoms with E-state index in [1.807, 2.05) is 6.92 Å². The zero-order valence-electron chi connectivity index (χ0n) is 12.3. The van der Waals surface area contributed by atoms with Gasteiger partial charge in [-0.1, -0.05) is 18.8 Å². The summed E-state index contributed by atoms with van der Waals surface area (Å²) in [6.07, 6.45) is 3.12. The summed E-state index contributed by atoms with van der Waals surface area (Å²) in [4.78, 5) is 13.8. The molecule has 4 N–H and O–H groups in total. The second-order valence-electron chi connectivity index (χ2n) is 4.89. The summed E-state index contributed by atoms with van der Waals surface area (Å²) in [6.45, 7) is 2.49. The summed E-state index contributed by atoms with van der Waals surface area (Å²) < 4.78 is 4.97. The number of nitrogens with zero attached hydrogens (tertiary/aromatic N) is 1. The fourth-order valence-electron chi connectivity index (χ4n) is 1.82. The maximum absolute atomic E-state index is 12.3. The zero-order valence-corrected chi connectivity index (χ0v) is 12.3. The average molecular weight is 302 g/mol. The van der Waals surface area contributed by atoms with E-state index in [0.29, 0.717) is 17.6 Å². The minimum absolute atomic E-state index is 0.0341. The van der Waals surface area contributed by atoms with Crippen molar-refractivity contribution in [2.24, 2.45) is 0 Å². The van der Waals surface area contributed by atoms with E-state index in [-0.39, 0.29) is 36.6 Å². The van der Waals surface area contributed by atoms with Crippen molar-refractivity contribution in [2.75, 3.05) is 19.2 Å². The highest BCUT2D eigenvalue weighted by Gasteiger charge is 2.23. The molecule has 0 bridgehead atoms. The van der Waals surface area contributed by atoms with Gasteiger partial charge in [0.15, 0.2) is 11.5 Å². The average Bonchev–Trinajstić information content (AvgIpc) is 2.41. The van der Waals surface area contributed by atoms with Crippen LogP contribution in [-0.2, 0) is 9.53 Å². The van der Waals surface area contributed by atoms with Crippen molar-refractivity contribution in [3.8, 4) is 23.3 Å². The first-order chi connectivity index (χ1) is 10.5. The molecular formula is C16H18N2O4. The third kappa shape index (κ3) is 3.51. The molecule has 0 spiro atoms. The highest BCUT2D eigenvalue weighted by atomic mass is 16.5. The van der Waals surface area contributed by atoms with Crippen LogP contribution in [0.5, 0.6) is 11.5 Å². The number of nitrogen functional groups attached to an aromatic ring is 1. The van der Waals surface area contributed by atoms with Crippen LogP contribution in [0.2, 0.25) is 0 Å². The van der Waals surface area contributed by atoms with E-state index in [2.05, 4.69) is 11.8 Å². The number of unbranched alkanes of at least 4 members (excludes halogenated alkanes) is 1. The van der Waals surface area contributed by atoms with Gasteiger partial charge in [0.1, 0.15) is 13.5 Å². The van der Waals surface area contributed by atoms with Crippen LogP contribution >= 0.6 is 0 Å². The highest BCUT2D eigenvalue weighted by molar-refractivity contribution is 6.02. The Morgan fingerprint density at radius 3 is 2.73 bits per heavy atom. The Kier molecular flexibility index (Phi) is 4.92. The van der Waals surface area contributed by atoms with E-state index < -0.39 is 0 Å². The number of hydrogen-bond acceptors (Lipinski definition) is 5. The first-order valence-electron chi connectivity index (χ1n) is 6.92. The number of anilines is 1. The van der Waals surface area contributed by atoms with Crippen molar-refractivity contribution >= 4 is 17.7 Å². The van der Waals surface area contributed by atoms with Crippen LogP contribution in [0.1, 0.15) is 25.3 Å². The summed E-state index contributed by atoms with van der Waals surface area (Å²) in [5.74, 6) is 4.83. The molecule has 0 radical (unpaired) electrons. The second-order valence-corrected chi connectivity index (χ2v) is 4.89. The van der Waals surface area contributed by atoms with Gasteiger partial charge in [-0.3, -0.25) is 9.69 Å². The molecule has 1 aliphatic rings. The first kappa shape index (κ1) is 15.7. The number of hydrogen-bond donors (Lipinski definition) is 3. The molecule has 0 aliphatic carbocycles. The number of rotatable bonds is 3. The summed E-state index contributed by atoms with van der Waals surface area (Å²) in [5.41, 5.74) is 6.42. The molecule has 1 aromatic carbocycles. The number of aromatic hydroxyl groups is 2. The van der Waals surface area contributed by atoms with Crippen molar-refractivity contribution in [1.29, 1.82) is 0 Å². The van der Waals surface area contributed by atoms with Crippen LogP contribution in [0.3, 0.4) is 0 Å². The lowest BCUT2D eigenvalue weighted by Crippen LogP contribution is -2.44. The second kappa shape index (κ2) is 6.87. The topological polar surface area (TPSA) is 96.0 Å². The number of phenols is 2. The Morgan fingerprint density at radius 1 is 1.45 bits per heavy atom. The van der Waals surface area contributed by atoms with Crippen molar-refractivity contribution in [3.05, 3.63) is 23.3 Å². The minimum Gasteiger partial charge on any atom is -0.504 e. The summed E-state index contributed by atoms with van der Waals surface area (Å²) in [5, 5.41) is 19.1. The van der Waals surface area contributed by atoms with Gasteiger partial charge in [0, 0.05) is 6.42 Å². The molecule has 0 saturated carbocycles. The van der Waals surface area contributed by atoms with E-state index in [9.17, 15) is 15.0 Å². The third-order valence-corrected chi connectivity index (χ3v) is 3.06. The highest BCUT2D eigenvalue weighted by Crippen LogP contribution is 2.33. The van der Waals surface area contributed by atoms with E-state index in [4.69, 9.17) is 10.5 Å². The van der Waals surface area contributed by atoms with Gasteiger partial charge in [0.25, 0.3) is 5.91 Å². The van der Waals surface area contributed by atoms with Crippen molar-refractivity contribution in [1.82, 2.24) is 4.90 Å². The molecule has 1 aliphatic heterocycles. The first-order valence-corrected chi connectivity index (χ1v) is 6.92. The molecule has 1 saturated heterocycles. The molecule has 6 nitrogen and oxygen atoms in total. The van der Waals surface area contributed by atoms with Gasteiger partial charge in [-0.25, -0.2) is 0 Å². The fraction of sp³-hybridized carbons (Fsp3) is 0.312. The van der Waals surface area contributed by atoms with E-state index in [0.717, 1.165) is 6.42 Å².